The number of fused-ring (bicyclic) bond motifs is 1. The van der Waals surface area contributed by atoms with Gasteiger partial charge in [0, 0.05) is 12.6 Å². The summed E-state index contributed by atoms with van der Waals surface area (Å²) in [6.45, 7) is 9.44. The second kappa shape index (κ2) is 8.43. The lowest BCUT2D eigenvalue weighted by Gasteiger charge is -2.23. The highest BCUT2D eigenvalue weighted by molar-refractivity contribution is 5.75. The molecule has 3 atom stereocenters. The standard InChI is InChI=1S/C20H31N3O/c1-5-6-17(21)9-8-15(3)16(4)13-23-19-11-14(2)7-10-18(19)22-12-20(23)24/h7,10-12,15-17H,5-6,8-9,13,21H2,1-4H3. The fraction of sp³-hybridized carbons (Fsp3) is 0.600. The Labute approximate surface area is 145 Å². The Morgan fingerprint density at radius 1 is 1.17 bits per heavy atom. The molecular weight excluding hydrogens is 298 g/mol. The number of hydrogen-bond donors (Lipinski definition) is 1. The summed E-state index contributed by atoms with van der Waals surface area (Å²) in [6.07, 6.45) is 5.84. The molecule has 0 spiro atoms. The summed E-state index contributed by atoms with van der Waals surface area (Å²) in [5.41, 5.74) is 9.08. The van der Waals surface area contributed by atoms with Crippen LogP contribution in [-0.2, 0) is 6.54 Å². The second-order valence-electron chi connectivity index (χ2n) is 7.28. The first-order valence-corrected chi connectivity index (χ1v) is 9.14. The van der Waals surface area contributed by atoms with Crippen molar-refractivity contribution in [2.45, 2.75) is 66.0 Å². The molecule has 0 fully saturated rings. The van der Waals surface area contributed by atoms with E-state index in [0.717, 1.165) is 48.8 Å². The molecule has 0 aliphatic heterocycles. The van der Waals surface area contributed by atoms with E-state index < -0.39 is 0 Å². The Kier molecular flexibility index (Phi) is 6.55. The van der Waals surface area contributed by atoms with Gasteiger partial charge in [0.15, 0.2) is 0 Å². The highest BCUT2D eigenvalue weighted by atomic mass is 16.1. The summed E-state index contributed by atoms with van der Waals surface area (Å²) < 4.78 is 1.88. The lowest BCUT2D eigenvalue weighted by molar-refractivity contribution is 0.307. The van der Waals surface area contributed by atoms with Crippen molar-refractivity contribution in [3.63, 3.8) is 0 Å². The van der Waals surface area contributed by atoms with Gasteiger partial charge in [-0.3, -0.25) is 4.79 Å². The van der Waals surface area contributed by atoms with Crippen LogP contribution in [0, 0.1) is 18.8 Å². The van der Waals surface area contributed by atoms with Crippen LogP contribution in [-0.4, -0.2) is 15.6 Å². The molecular formula is C20H31N3O. The maximum absolute atomic E-state index is 12.3. The van der Waals surface area contributed by atoms with Crippen LogP contribution in [0.4, 0.5) is 0 Å². The first-order chi connectivity index (χ1) is 11.4. The minimum atomic E-state index is -0.0187. The maximum atomic E-state index is 12.3. The lowest BCUT2D eigenvalue weighted by Crippen LogP contribution is -2.27. The van der Waals surface area contributed by atoms with Gasteiger partial charge < -0.3 is 10.3 Å². The van der Waals surface area contributed by atoms with Crippen LogP contribution in [0.15, 0.2) is 29.2 Å². The number of hydrogen-bond acceptors (Lipinski definition) is 3. The van der Waals surface area contributed by atoms with E-state index in [1.807, 2.05) is 23.6 Å². The Morgan fingerprint density at radius 3 is 2.62 bits per heavy atom. The third-order valence-corrected chi connectivity index (χ3v) is 5.10. The molecule has 0 aliphatic carbocycles. The fourth-order valence-electron chi connectivity index (χ4n) is 3.20. The summed E-state index contributed by atoms with van der Waals surface area (Å²) in [7, 11) is 0. The molecule has 0 bridgehead atoms. The number of nitrogens with two attached hydrogens (primary N) is 1. The molecule has 1 heterocycles. The van der Waals surface area contributed by atoms with Crippen molar-refractivity contribution < 1.29 is 0 Å². The number of aryl methyl sites for hydroxylation is 1. The van der Waals surface area contributed by atoms with Crippen molar-refractivity contribution in [2.24, 2.45) is 17.6 Å². The van der Waals surface area contributed by atoms with Crippen LogP contribution < -0.4 is 11.3 Å². The van der Waals surface area contributed by atoms with Crippen LogP contribution >= 0.6 is 0 Å². The Bertz CT molecular complexity index is 722. The Morgan fingerprint density at radius 2 is 1.92 bits per heavy atom. The van der Waals surface area contributed by atoms with Gasteiger partial charge in [0.25, 0.3) is 5.56 Å². The van der Waals surface area contributed by atoms with Crippen LogP contribution in [0.5, 0.6) is 0 Å². The van der Waals surface area contributed by atoms with Crippen molar-refractivity contribution in [1.29, 1.82) is 0 Å². The molecule has 0 aliphatic rings. The Balaban J connectivity index is 2.12. The molecule has 0 saturated heterocycles. The number of rotatable bonds is 8. The van der Waals surface area contributed by atoms with Gasteiger partial charge in [-0.2, -0.15) is 0 Å². The van der Waals surface area contributed by atoms with Crippen molar-refractivity contribution in [3.05, 3.63) is 40.3 Å². The largest absolute Gasteiger partial charge is 0.328 e. The number of nitrogens with zero attached hydrogens (tertiary/aromatic N) is 2. The van der Waals surface area contributed by atoms with Gasteiger partial charge in [-0.05, 0) is 55.7 Å². The molecule has 0 saturated carbocycles. The highest BCUT2D eigenvalue weighted by Crippen LogP contribution is 2.21. The minimum Gasteiger partial charge on any atom is -0.328 e. The summed E-state index contributed by atoms with van der Waals surface area (Å²) in [6, 6.07) is 6.37. The molecule has 2 aromatic rings. The van der Waals surface area contributed by atoms with Crippen molar-refractivity contribution in [2.75, 3.05) is 0 Å². The fourth-order valence-corrected chi connectivity index (χ4v) is 3.20. The van der Waals surface area contributed by atoms with E-state index in [1.165, 1.54) is 6.20 Å². The molecule has 0 radical (unpaired) electrons. The molecule has 132 valence electrons. The van der Waals surface area contributed by atoms with Crippen LogP contribution in [0.1, 0.15) is 52.0 Å². The molecule has 1 aromatic carbocycles. The van der Waals surface area contributed by atoms with E-state index in [2.05, 4.69) is 31.8 Å². The van der Waals surface area contributed by atoms with E-state index in [-0.39, 0.29) is 5.56 Å². The van der Waals surface area contributed by atoms with Gasteiger partial charge >= 0.3 is 0 Å². The highest BCUT2D eigenvalue weighted by Gasteiger charge is 2.16. The smallest absolute Gasteiger partial charge is 0.269 e. The normalized spacial score (nSPS) is 15.4. The summed E-state index contributed by atoms with van der Waals surface area (Å²) >= 11 is 0. The second-order valence-corrected chi connectivity index (χ2v) is 7.28. The van der Waals surface area contributed by atoms with E-state index in [4.69, 9.17) is 5.73 Å². The molecule has 3 unspecified atom stereocenters. The first kappa shape index (κ1) is 18.7. The quantitative estimate of drug-likeness (QED) is 0.799. The van der Waals surface area contributed by atoms with Crippen molar-refractivity contribution >= 4 is 11.0 Å². The van der Waals surface area contributed by atoms with Crippen LogP contribution in [0.3, 0.4) is 0 Å². The zero-order valence-corrected chi connectivity index (χ0v) is 15.5. The summed E-state index contributed by atoms with van der Waals surface area (Å²) in [5, 5.41) is 0. The SMILES string of the molecule is CCCC(N)CCC(C)C(C)Cn1c(=O)cnc2ccc(C)cc21. The zero-order chi connectivity index (χ0) is 17.7. The molecule has 4 heteroatoms. The minimum absolute atomic E-state index is 0.0187. The Hall–Kier alpha value is -1.68. The van der Waals surface area contributed by atoms with Crippen molar-refractivity contribution in [3.8, 4) is 0 Å². The van der Waals surface area contributed by atoms with E-state index >= 15 is 0 Å². The van der Waals surface area contributed by atoms with Gasteiger partial charge in [0.2, 0.25) is 0 Å². The molecule has 24 heavy (non-hydrogen) atoms. The molecule has 1 aromatic heterocycles. The summed E-state index contributed by atoms with van der Waals surface area (Å²) in [4.78, 5) is 16.6. The molecule has 2 rings (SSSR count). The third kappa shape index (κ3) is 4.67. The van der Waals surface area contributed by atoms with Crippen molar-refractivity contribution in [1.82, 2.24) is 9.55 Å². The average molecular weight is 329 g/mol. The molecule has 2 N–H and O–H groups in total. The maximum Gasteiger partial charge on any atom is 0.269 e. The first-order valence-electron chi connectivity index (χ1n) is 9.14. The van der Waals surface area contributed by atoms with Gasteiger partial charge in [-0.1, -0.05) is 33.3 Å². The molecule has 4 nitrogen and oxygen atoms in total. The van der Waals surface area contributed by atoms with Gasteiger partial charge in [0.05, 0.1) is 17.2 Å². The predicted octanol–water partition coefficient (Wildman–Crippen LogP) is 3.88. The average Bonchev–Trinajstić information content (AvgIpc) is 2.55. The molecule has 0 amide bonds. The van der Waals surface area contributed by atoms with Gasteiger partial charge in [-0.25, -0.2) is 4.98 Å². The van der Waals surface area contributed by atoms with Crippen LogP contribution in [0.25, 0.3) is 11.0 Å². The van der Waals surface area contributed by atoms with Gasteiger partial charge in [-0.15, -0.1) is 0 Å². The van der Waals surface area contributed by atoms with Crippen LogP contribution in [0.2, 0.25) is 0 Å². The summed E-state index contributed by atoms with van der Waals surface area (Å²) in [5.74, 6) is 0.954. The monoisotopic (exact) mass is 329 g/mol. The third-order valence-electron chi connectivity index (χ3n) is 5.10. The van der Waals surface area contributed by atoms with E-state index in [9.17, 15) is 4.79 Å². The number of aromatic nitrogens is 2. The van der Waals surface area contributed by atoms with E-state index in [1.54, 1.807) is 0 Å². The van der Waals surface area contributed by atoms with E-state index in [0.29, 0.717) is 17.9 Å². The lowest BCUT2D eigenvalue weighted by atomic mass is 9.89. The zero-order valence-electron chi connectivity index (χ0n) is 15.5. The topological polar surface area (TPSA) is 60.9 Å². The number of benzene rings is 1. The van der Waals surface area contributed by atoms with Gasteiger partial charge in [0.1, 0.15) is 0 Å². The predicted molar refractivity (Wildman–Crippen MR) is 101 cm³/mol.